The molecule has 5 heteroatoms. The first-order valence-corrected chi connectivity index (χ1v) is 22.7. The van der Waals surface area contributed by atoms with Crippen LogP contribution in [0.25, 0.3) is 0 Å². The minimum atomic E-state index is -0.446. The van der Waals surface area contributed by atoms with Gasteiger partial charge in [0.05, 0.1) is 7.11 Å². The van der Waals surface area contributed by atoms with E-state index in [1.54, 1.807) is 7.11 Å². The fraction of sp³-hybridized carbons (Fsp3) is 0.0233. The van der Waals surface area contributed by atoms with Crippen LogP contribution >= 0.6 is 35.4 Å². The van der Waals surface area contributed by atoms with E-state index in [-0.39, 0.29) is 0 Å². The summed E-state index contributed by atoms with van der Waals surface area (Å²) in [5.74, 6) is 0.785. The maximum absolute atomic E-state index is 4.86. The third kappa shape index (κ3) is 11.9. The first-order chi connectivity index (χ1) is 23.8. The summed E-state index contributed by atoms with van der Waals surface area (Å²) in [6.45, 7) is 0. The Kier molecular flexibility index (Phi) is 17.4. The average molecular weight is 865 g/mol. The van der Waals surface area contributed by atoms with Crippen molar-refractivity contribution in [3.05, 3.63) is 212 Å². The molecular weight excluding hydrogens is 828 g/mol. The van der Waals surface area contributed by atoms with Crippen molar-refractivity contribution in [1.82, 2.24) is 0 Å². The molecule has 0 N–H and O–H groups in total. The van der Waals surface area contributed by atoms with Gasteiger partial charge in [-0.3, -0.25) is 0 Å². The number of hydrogen-bond donors (Lipinski definition) is 0. The maximum atomic E-state index is 4.86. The van der Waals surface area contributed by atoms with Crippen LogP contribution in [0.3, 0.4) is 0 Å². The third-order valence-electron chi connectivity index (χ3n) is 6.99. The molecule has 0 aliphatic carbocycles. The number of rotatable bonds is 7. The molecule has 0 atom stereocenters. The molecule has 7 aromatic carbocycles. The van der Waals surface area contributed by atoms with Gasteiger partial charge in [-0.05, 0) is 47.7 Å². The van der Waals surface area contributed by atoms with Crippen molar-refractivity contribution < 1.29 is 20.3 Å². The van der Waals surface area contributed by atoms with Crippen molar-refractivity contribution in [1.29, 1.82) is 0 Å². The van der Waals surface area contributed by atoms with Gasteiger partial charge in [0.1, 0.15) is 0 Å². The molecule has 0 saturated heterocycles. The minimum Gasteiger partial charge on any atom is -0.0622 e. The van der Waals surface area contributed by atoms with Crippen LogP contribution in [0.5, 0.6) is 5.75 Å². The van der Waals surface area contributed by atoms with Gasteiger partial charge in [-0.15, -0.1) is 12.1 Å². The zero-order valence-electron chi connectivity index (χ0n) is 26.6. The molecular formula is C43H37IOP2Pd. The van der Waals surface area contributed by atoms with Gasteiger partial charge < -0.3 is 4.74 Å². The van der Waals surface area contributed by atoms with Crippen molar-refractivity contribution in [2.75, 3.05) is 7.11 Å². The van der Waals surface area contributed by atoms with E-state index >= 15 is 0 Å². The van der Waals surface area contributed by atoms with Crippen molar-refractivity contribution in [3.63, 3.8) is 0 Å². The van der Waals surface area contributed by atoms with Crippen LogP contribution in [0, 0.1) is 6.07 Å². The summed E-state index contributed by atoms with van der Waals surface area (Å²) in [6.07, 6.45) is 0. The monoisotopic (exact) mass is 864 g/mol. The Balaban J connectivity index is 0.000000170. The van der Waals surface area contributed by atoms with Gasteiger partial charge in [-0.2, -0.15) is 18.2 Å². The van der Waals surface area contributed by atoms with Gasteiger partial charge in [-0.1, -0.05) is 182 Å². The molecule has 48 heavy (non-hydrogen) atoms. The summed E-state index contributed by atoms with van der Waals surface area (Å²) >= 11 is 4.72. The van der Waals surface area contributed by atoms with Crippen LogP contribution in [0.2, 0.25) is 0 Å². The zero-order valence-corrected chi connectivity index (χ0v) is 32.1. The maximum Gasteiger partial charge on any atom is -0.0134 e. The smallest absolute Gasteiger partial charge is 0.0134 e. The largest absolute Gasteiger partial charge is 0.0622 e. The van der Waals surface area contributed by atoms with Gasteiger partial charge in [0.2, 0.25) is 0 Å². The summed E-state index contributed by atoms with van der Waals surface area (Å²) in [5, 5.41) is 8.39. The molecule has 0 spiro atoms. The average Bonchev–Trinajstić information content (AvgIpc) is 3.19. The molecule has 0 heterocycles. The van der Waals surface area contributed by atoms with E-state index < -0.39 is 15.8 Å². The van der Waals surface area contributed by atoms with Crippen molar-refractivity contribution in [3.8, 4) is 5.75 Å². The number of methoxy groups -OCH3 is 1. The Hall–Kier alpha value is -3.41. The molecule has 242 valence electrons. The third-order valence-corrected chi connectivity index (χ3v) is 11.9. The van der Waals surface area contributed by atoms with Gasteiger partial charge in [0.15, 0.2) is 0 Å². The van der Waals surface area contributed by atoms with Gasteiger partial charge >= 0.3 is 35.1 Å². The SMILES string of the molecule is COc1[c-]cccc1.[Pd+][I].c1ccc(P(c2ccccc2)c2ccccc2)cc1.c1ccc(P(c2ccccc2)c2ccccc2)cc1. The summed E-state index contributed by atoms with van der Waals surface area (Å²) in [4.78, 5) is 0. The predicted molar refractivity (Wildman–Crippen MR) is 216 cm³/mol. The summed E-state index contributed by atoms with van der Waals surface area (Å²) in [6, 6.07) is 75.0. The molecule has 0 saturated carbocycles. The first kappa shape index (κ1) is 37.4. The van der Waals surface area contributed by atoms with Gasteiger partial charge in [0, 0.05) is 5.75 Å². The van der Waals surface area contributed by atoms with Crippen LogP contribution in [-0.2, 0) is 15.6 Å². The second-order valence-electron chi connectivity index (χ2n) is 10.1. The van der Waals surface area contributed by atoms with E-state index in [4.69, 9.17) is 4.74 Å². The number of hydrogen-bond acceptors (Lipinski definition) is 1. The van der Waals surface area contributed by atoms with Crippen LogP contribution in [0.15, 0.2) is 206 Å². The fourth-order valence-electron chi connectivity index (χ4n) is 4.86. The van der Waals surface area contributed by atoms with Crippen molar-refractivity contribution >= 4 is 67.2 Å². The molecule has 0 aromatic heterocycles. The second-order valence-corrected chi connectivity index (χ2v) is 14.6. The van der Waals surface area contributed by atoms with Crippen LogP contribution in [-0.4, -0.2) is 7.11 Å². The molecule has 0 fully saturated rings. The molecule has 0 unspecified atom stereocenters. The van der Waals surface area contributed by atoms with E-state index in [1.165, 1.54) is 31.8 Å². The Morgan fingerprint density at radius 2 is 0.604 bits per heavy atom. The van der Waals surface area contributed by atoms with Crippen molar-refractivity contribution in [2.45, 2.75) is 0 Å². The van der Waals surface area contributed by atoms with Crippen LogP contribution in [0.4, 0.5) is 0 Å². The standard InChI is InChI=1S/2C18H15P.C7H7O.HI.Pd/c2*1-4-10-16(11-5-1)19(17-12-6-2-7-13-17)18-14-8-3-9-15-18;1-8-7-5-3-2-4-6-7;;/h2*1-15H;2-5H,1H3;1H;/q;;-1;;+2/p-1. The van der Waals surface area contributed by atoms with E-state index in [0.29, 0.717) is 0 Å². The molecule has 1 nitrogen and oxygen atoms in total. The number of benzene rings is 7. The van der Waals surface area contributed by atoms with E-state index in [1.807, 2.05) is 43.8 Å². The van der Waals surface area contributed by atoms with Crippen molar-refractivity contribution in [2.24, 2.45) is 0 Å². The van der Waals surface area contributed by atoms with Gasteiger partial charge in [-0.25, -0.2) is 0 Å². The molecule has 0 bridgehead atoms. The first-order valence-electron chi connectivity index (χ1n) is 15.4. The van der Waals surface area contributed by atoms with Crippen LogP contribution in [0.1, 0.15) is 0 Å². The van der Waals surface area contributed by atoms with Crippen LogP contribution < -0.4 is 36.6 Å². The molecule has 7 rings (SSSR count). The summed E-state index contributed by atoms with van der Waals surface area (Å²) in [7, 11) is 0.739. The van der Waals surface area contributed by atoms with E-state index in [2.05, 4.69) is 204 Å². The summed E-state index contributed by atoms with van der Waals surface area (Å²) < 4.78 is 4.86. The number of para-hydroxylation sites is 1. The van der Waals surface area contributed by atoms with E-state index in [0.717, 1.165) is 5.75 Å². The molecule has 0 aliphatic heterocycles. The number of ether oxygens (including phenoxy) is 1. The molecule has 0 aliphatic rings. The predicted octanol–water partition coefficient (Wildman–Crippen LogP) is 9.27. The fourth-order valence-corrected chi connectivity index (χ4v) is 9.47. The van der Waals surface area contributed by atoms with E-state index in [9.17, 15) is 0 Å². The Morgan fingerprint density at radius 1 is 0.375 bits per heavy atom. The Morgan fingerprint density at radius 3 is 0.771 bits per heavy atom. The topological polar surface area (TPSA) is 9.23 Å². The molecule has 7 aromatic rings. The quantitative estimate of drug-likeness (QED) is 0.0673. The minimum absolute atomic E-state index is 0.446. The second kappa shape index (κ2) is 22.3. The normalized spacial score (nSPS) is 9.96. The Labute approximate surface area is 310 Å². The van der Waals surface area contributed by atoms with Gasteiger partial charge in [0.25, 0.3) is 0 Å². The zero-order chi connectivity index (χ0) is 33.7. The number of halogens is 1. The Bertz CT molecular complexity index is 1490. The molecule has 0 amide bonds. The molecule has 0 radical (unpaired) electrons. The summed E-state index contributed by atoms with van der Waals surface area (Å²) in [5.41, 5.74) is 0.